The van der Waals surface area contributed by atoms with Gasteiger partial charge in [0.2, 0.25) is 0 Å². The molecule has 0 saturated carbocycles. The van der Waals surface area contributed by atoms with Crippen molar-refractivity contribution in [1.82, 2.24) is 19.8 Å². The van der Waals surface area contributed by atoms with Gasteiger partial charge in [-0.05, 0) is 38.9 Å². The molecule has 1 aliphatic rings. The van der Waals surface area contributed by atoms with Gasteiger partial charge in [0.15, 0.2) is 0 Å². The Morgan fingerprint density at radius 2 is 2.11 bits per heavy atom. The first-order chi connectivity index (χ1) is 8.83. The summed E-state index contributed by atoms with van der Waals surface area (Å²) in [5, 5.41) is 3.66. The summed E-state index contributed by atoms with van der Waals surface area (Å²) in [5.41, 5.74) is 0. The highest BCUT2D eigenvalue weighted by atomic mass is 15.1. The van der Waals surface area contributed by atoms with Gasteiger partial charge in [-0.2, -0.15) is 0 Å². The molecule has 1 aromatic heterocycles. The Kier molecular flexibility index (Phi) is 5.20. The van der Waals surface area contributed by atoms with Crippen LogP contribution < -0.4 is 5.32 Å². The molecule has 1 aromatic rings. The van der Waals surface area contributed by atoms with Crippen molar-refractivity contribution in [2.45, 2.75) is 52.2 Å². The molecule has 0 atom stereocenters. The maximum atomic E-state index is 4.44. The predicted octanol–water partition coefficient (Wildman–Crippen LogP) is 1.87. The predicted molar refractivity (Wildman–Crippen MR) is 74.5 cm³/mol. The van der Waals surface area contributed by atoms with Crippen LogP contribution in [0.2, 0.25) is 0 Å². The molecule has 0 bridgehead atoms. The number of hydrogen-bond acceptors (Lipinski definition) is 3. The van der Waals surface area contributed by atoms with Gasteiger partial charge in [0, 0.05) is 25.0 Å². The van der Waals surface area contributed by atoms with E-state index in [1.165, 1.54) is 38.3 Å². The van der Waals surface area contributed by atoms with E-state index in [-0.39, 0.29) is 0 Å². The van der Waals surface area contributed by atoms with Crippen molar-refractivity contribution in [2.75, 3.05) is 19.6 Å². The number of nitrogens with one attached hydrogen (secondary N) is 1. The minimum atomic E-state index is 0.666. The molecule has 0 amide bonds. The van der Waals surface area contributed by atoms with Crippen molar-refractivity contribution >= 4 is 0 Å². The molecule has 1 fully saturated rings. The number of rotatable bonds is 6. The van der Waals surface area contributed by atoms with Crippen LogP contribution in [0.4, 0.5) is 0 Å². The van der Waals surface area contributed by atoms with Crippen LogP contribution >= 0.6 is 0 Å². The molecule has 0 spiro atoms. The Morgan fingerprint density at radius 1 is 1.33 bits per heavy atom. The lowest BCUT2D eigenvalue weighted by Crippen LogP contribution is -2.42. The molecule has 0 aromatic carbocycles. The van der Waals surface area contributed by atoms with E-state index in [2.05, 4.69) is 39.8 Å². The van der Waals surface area contributed by atoms with Gasteiger partial charge in [0.1, 0.15) is 5.82 Å². The first-order valence-corrected chi connectivity index (χ1v) is 7.29. The molecule has 2 heterocycles. The SMILES string of the molecule is CCCn1ccnc1CNC1CCN(CC)CC1. The summed E-state index contributed by atoms with van der Waals surface area (Å²) in [6.07, 6.45) is 7.69. The average molecular weight is 250 g/mol. The van der Waals surface area contributed by atoms with Gasteiger partial charge in [-0.25, -0.2) is 4.98 Å². The third-order valence-corrected chi connectivity index (χ3v) is 3.85. The maximum absolute atomic E-state index is 4.44. The van der Waals surface area contributed by atoms with Gasteiger partial charge >= 0.3 is 0 Å². The molecule has 1 saturated heterocycles. The van der Waals surface area contributed by atoms with Crippen molar-refractivity contribution in [1.29, 1.82) is 0 Å². The molecule has 1 N–H and O–H groups in total. The quantitative estimate of drug-likeness (QED) is 0.836. The van der Waals surface area contributed by atoms with Crippen LogP contribution in [-0.2, 0) is 13.1 Å². The molecule has 0 radical (unpaired) electrons. The lowest BCUT2D eigenvalue weighted by Gasteiger charge is -2.31. The number of piperidine rings is 1. The van der Waals surface area contributed by atoms with E-state index in [0.717, 1.165) is 19.5 Å². The number of nitrogens with zero attached hydrogens (tertiary/aromatic N) is 3. The summed E-state index contributed by atoms with van der Waals surface area (Å²) in [4.78, 5) is 6.96. The van der Waals surface area contributed by atoms with Crippen LogP contribution in [0.5, 0.6) is 0 Å². The van der Waals surface area contributed by atoms with Gasteiger partial charge in [0.05, 0.1) is 6.54 Å². The average Bonchev–Trinajstić information content (AvgIpc) is 2.85. The minimum Gasteiger partial charge on any atom is -0.334 e. The molecule has 0 aliphatic carbocycles. The topological polar surface area (TPSA) is 33.1 Å². The van der Waals surface area contributed by atoms with Crippen LogP contribution in [0, 0.1) is 0 Å². The van der Waals surface area contributed by atoms with Gasteiger partial charge in [-0.1, -0.05) is 13.8 Å². The van der Waals surface area contributed by atoms with E-state index in [9.17, 15) is 0 Å². The molecular weight excluding hydrogens is 224 g/mol. The largest absolute Gasteiger partial charge is 0.334 e. The summed E-state index contributed by atoms with van der Waals surface area (Å²) in [6.45, 7) is 10.1. The molecule has 0 unspecified atom stereocenters. The number of imidazole rings is 1. The van der Waals surface area contributed by atoms with Gasteiger partial charge in [-0.15, -0.1) is 0 Å². The standard InChI is InChI=1S/C14H26N4/c1-3-8-18-11-7-15-14(18)12-16-13-5-9-17(4-2)10-6-13/h7,11,13,16H,3-6,8-10,12H2,1-2H3. The normalized spacial score (nSPS) is 18.3. The summed E-state index contributed by atoms with van der Waals surface area (Å²) in [7, 11) is 0. The Morgan fingerprint density at radius 3 is 2.78 bits per heavy atom. The molecule has 4 heteroatoms. The molecule has 1 aliphatic heterocycles. The second-order valence-corrected chi connectivity index (χ2v) is 5.13. The fourth-order valence-electron chi connectivity index (χ4n) is 2.64. The van der Waals surface area contributed by atoms with Crippen LogP contribution in [0.3, 0.4) is 0 Å². The van der Waals surface area contributed by atoms with E-state index >= 15 is 0 Å². The van der Waals surface area contributed by atoms with E-state index in [1.54, 1.807) is 0 Å². The number of likely N-dealkylation sites (tertiary alicyclic amines) is 1. The Hall–Kier alpha value is -0.870. The fraction of sp³-hybridized carbons (Fsp3) is 0.786. The monoisotopic (exact) mass is 250 g/mol. The third kappa shape index (κ3) is 3.56. The Balaban J connectivity index is 1.76. The Labute approximate surface area is 110 Å². The molecule has 2 rings (SSSR count). The van der Waals surface area contributed by atoms with Gasteiger partial charge in [-0.3, -0.25) is 0 Å². The van der Waals surface area contributed by atoms with Crippen LogP contribution in [0.15, 0.2) is 12.4 Å². The highest BCUT2D eigenvalue weighted by molar-refractivity contribution is 4.92. The lowest BCUT2D eigenvalue weighted by atomic mass is 10.1. The summed E-state index contributed by atoms with van der Waals surface area (Å²) in [5.74, 6) is 1.18. The van der Waals surface area contributed by atoms with Crippen molar-refractivity contribution in [3.8, 4) is 0 Å². The fourth-order valence-corrected chi connectivity index (χ4v) is 2.64. The second-order valence-electron chi connectivity index (χ2n) is 5.13. The number of hydrogen-bond donors (Lipinski definition) is 1. The first kappa shape index (κ1) is 13.6. The zero-order valence-electron chi connectivity index (χ0n) is 11.7. The summed E-state index contributed by atoms with van der Waals surface area (Å²) < 4.78 is 2.26. The zero-order valence-corrected chi connectivity index (χ0v) is 11.7. The second kappa shape index (κ2) is 6.90. The first-order valence-electron chi connectivity index (χ1n) is 7.29. The molecule has 102 valence electrons. The zero-order chi connectivity index (χ0) is 12.8. The van der Waals surface area contributed by atoms with Crippen molar-refractivity contribution in [3.63, 3.8) is 0 Å². The number of aromatic nitrogens is 2. The van der Waals surface area contributed by atoms with E-state index in [4.69, 9.17) is 0 Å². The summed E-state index contributed by atoms with van der Waals surface area (Å²) in [6, 6.07) is 0.666. The highest BCUT2D eigenvalue weighted by Crippen LogP contribution is 2.10. The van der Waals surface area contributed by atoms with E-state index < -0.39 is 0 Å². The summed E-state index contributed by atoms with van der Waals surface area (Å²) >= 11 is 0. The third-order valence-electron chi connectivity index (χ3n) is 3.85. The van der Waals surface area contributed by atoms with Crippen molar-refractivity contribution in [3.05, 3.63) is 18.2 Å². The molecule has 4 nitrogen and oxygen atoms in total. The van der Waals surface area contributed by atoms with Crippen LogP contribution in [0.25, 0.3) is 0 Å². The molecule has 18 heavy (non-hydrogen) atoms. The van der Waals surface area contributed by atoms with Crippen molar-refractivity contribution < 1.29 is 0 Å². The van der Waals surface area contributed by atoms with Gasteiger partial charge in [0.25, 0.3) is 0 Å². The maximum Gasteiger partial charge on any atom is 0.122 e. The Bertz CT molecular complexity index is 339. The number of aryl methyl sites for hydroxylation is 1. The smallest absolute Gasteiger partial charge is 0.122 e. The van der Waals surface area contributed by atoms with E-state index in [0.29, 0.717) is 6.04 Å². The lowest BCUT2D eigenvalue weighted by molar-refractivity contribution is 0.205. The highest BCUT2D eigenvalue weighted by Gasteiger charge is 2.17. The van der Waals surface area contributed by atoms with Crippen LogP contribution in [0.1, 0.15) is 38.9 Å². The van der Waals surface area contributed by atoms with Crippen LogP contribution in [-0.4, -0.2) is 40.1 Å². The molecular formula is C14H26N4. The minimum absolute atomic E-state index is 0.666. The van der Waals surface area contributed by atoms with E-state index in [1.807, 2.05) is 6.20 Å². The van der Waals surface area contributed by atoms with Crippen molar-refractivity contribution in [2.24, 2.45) is 0 Å². The van der Waals surface area contributed by atoms with Gasteiger partial charge < -0.3 is 14.8 Å².